The predicted molar refractivity (Wildman–Crippen MR) is 82.7 cm³/mol. The monoisotopic (exact) mass is 319 g/mol. The molecule has 0 bridgehead atoms. The van der Waals surface area contributed by atoms with E-state index in [4.69, 9.17) is 16.7 Å². The number of aromatic hydroxyl groups is 1. The van der Waals surface area contributed by atoms with Crippen molar-refractivity contribution < 1.29 is 14.7 Å². The summed E-state index contributed by atoms with van der Waals surface area (Å²) < 4.78 is 0. The Hall–Kier alpha value is -2.60. The molecule has 0 fully saturated rings. The molecule has 22 heavy (non-hydrogen) atoms. The summed E-state index contributed by atoms with van der Waals surface area (Å²) in [5.74, 6) is -1.38. The molecule has 2 aromatic rings. The number of pyridine rings is 1. The summed E-state index contributed by atoms with van der Waals surface area (Å²) in [5, 5.41) is 14.2. The van der Waals surface area contributed by atoms with Crippen LogP contribution >= 0.6 is 11.6 Å². The lowest BCUT2D eigenvalue weighted by molar-refractivity contribution is -0.136. The van der Waals surface area contributed by atoms with Gasteiger partial charge in [0.2, 0.25) is 0 Å². The molecule has 3 N–H and O–H groups in total. The number of amides is 2. The van der Waals surface area contributed by atoms with E-state index in [0.29, 0.717) is 13.0 Å². The minimum absolute atomic E-state index is 0.118. The lowest BCUT2D eigenvalue weighted by Crippen LogP contribution is -2.36. The number of nitrogens with zero attached hydrogens (tertiary/aromatic N) is 1. The molecule has 0 unspecified atom stereocenters. The fourth-order valence-electron chi connectivity index (χ4n) is 1.72. The number of phenolic OH excluding ortho intramolecular Hbond substituents is 1. The van der Waals surface area contributed by atoms with Crippen molar-refractivity contribution in [2.75, 3.05) is 11.9 Å². The van der Waals surface area contributed by atoms with E-state index in [0.717, 1.165) is 5.56 Å². The third-order valence-electron chi connectivity index (χ3n) is 2.85. The Morgan fingerprint density at radius 1 is 1.14 bits per heavy atom. The van der Waals surface area contributed by atoms with Gasteiger partial charge in [-0.2, -0.15) is 0 Å². The first-order valence-corrected chi connectivity index (χ1v) is 6.91. The van der Waals surface area contributed by atoms with E-state index in [2.05, 4.69) is 15.6 Å². The number of phenols is 1. The Labute approximate surface area is 132 Å². The number of hydrogen-bond acceptors (Lipinski definition) is 4. The van der Waals surface area contributed by atoms with Gasteiger partial charge in [-0.1, -0.05) is 23.7 Å². The summed E-state index contributed by atoms with van der Waals surface area (Å²) in [6.07, 6.45) is 2.03. The summed E-state index contributed by atoms with van der Waals surface area (Å²) in [6, 6.07) is 9.78. The summed E-state index contributed by atoms with van der Waals surface area (Å²) in [5.41, 5.74) is 1.22. The molecule has 1 heterocycles. The first kappa shape index (κ1) is 15.8. The molecule has 0 atom stereocenters. The minimum atomic E-state index is -0.805. The summed E-state index contributed by atoms with van der Waals surface area (Å²) >= 11 is 5.79. The highest BCUT2D eigenvalue weighted by molar-refractivity contribution is 6.41. The van der Waals surface area contributed by atoms with Crippen LogP contribution in [0.25, 0.3) is 0 Å². The van der Waals surface area contributed by atoms with Crippen molar-refractivity contribution in [3.05, 3.63) is 53.3 Å². The van der Waals surface area contributed by atoms with Gasteiger partial charge in [-0.15, -0.1) is 0 Å². The molecule has 0 aliphatic carbocycles. The van der Waals surface area contributed by atoms with E-state index < -0.39 is 11.8 Å². The smallest absolute Gasteiger partial charge is 0.313 e. The highest BCUT2D eigenvalue weighted by Crippen LogP contribution is 2.17. The van der Waals surface area contributed by atoms with Crippen molar-refractivity contribution in [1.29, 1.82) is 0 Å². The third kappa shape index (κ3) is 4.46. The average molecular weight is 320 g/mol. The number of hydrogen-bond donors (Lipinski definition) is 3. The lowest BCUT2D eigenvalue weighted by Gasteiger charge is -2.07. The molecule has 0 radical (unpaired) electrons. The predicted octanol–water partition coefficient (Wildman–Crippen LogP) is 1.74. The highest BCUT2D eigenvalue weighted by Gasteiger charge is 2.14. The quantitative estimate of drug-likeness (QED) is 0.591. The van der Waals surface area contributed by atoms with Crippen molar-refractivity contribution >= 4 is 29.1 Å². The summed E-state index contributed by atoms with van der Waals surface area (Å²) in [4.78, 5) is 27.2. The Morgan fingerprint density at radius 2 is 1.86 bits per heavy atom. The van der Waals surface area contributed by atoms with E-state index in [1.54, 1.807) is 36.4 Å². The highest BCUT2D eigenvalue weighted by atomic mass is 35.5. The fraction of sp³-hybridized carbons (Fsp3) is 0.133. The van der Waals surface area contributed by atoms with Gasteiger partial charge in [0.05, 0.1) is 5.69 Å². The summed E-state index contributed by atoms with van der Waals surface area (Å²) in [6.45, 7) is 0.303. The normalized spacial score (nSPS) is 10.0. The third-order valence-corrected chi connectivity index (χ3v) is 3.15. The molecule has 114 valence electrons. The van der Waals surface area contributed by atoms with Crippen LogP contribution < -0.4 is 10.6 Å². The Morgan fingerprint density at radius 3 is 2.55 bits per heavy atom. The number of carbonyl (C=O) groups is 2. The Kier molecular flexibility index (Phi) is 5.32. The molecular weight excluding hydrogens is 306 g/mol. The van der Waals surface area contributed by atoms with Crippen LogP contribution in [0, 0.1) is 0 Å². The van der Waals surface area contributed by atoms with Gasteiger partial charge in [-0.25, -0.2) is 4.98 Å². The molecule has 0 aliphatic rings. The second-order valence-corrected chi connectivity index (χ2v) is 4.83. The number of benzene rings is 1. The van der Waals surface area contributed by atoms with Gasteiger partial charge in [-0.05, 0) is 36.2 Å². The Bertz CT molecular complexity index is 674. The zero-order chi connectivity index (χ0) is 15.9. The van der Waals surface area contributed by atoms with E-state index >= 15 is 0 Å². The molecule has 2 amide bonds. The van der Waals surface area contributed by atoms with Crippen LogP contribution in [0.1, 0.15) is 5.56 Å². The van der Waals surface area contributed by atoms with Gasteiger partial charge in [0, 0.05) is 12.7 Å². The molecule has 0 spiro atoms. The van der Waals surface area contributed by atoms with Crippen molar-refractivity contribution in [1.82, 2.24) is 10.3 Å². The van der Waals surface area contributed by atoms with Crippen LogP contribution in [0.4, 0.5) is 5.69 Å². The van der Waals surface area contributed by atoms with Gasteiger partial charge in [0.25, 0.3) is 0 Å². The molecule has 6 nitrogen and oxygen atoms in total. The van der Waals surface area contributed by atoms with Gasteiger partial charge < -0.3 is 15.7 Å². The molecule has 0 aliphatic heterocycles. The maximum absolute atomic E-state index is 11.7. The number of carbonyl (C=O) groups excluding carboxylic acids is 2. The van der Waals surface area contributed by atoms with Crippen LogP contribution in [0.5, 0.6) is 5.75 Å². The van der Waals surface area contributed by atoms with Crippen LogP contribution in [0.3, 0.4) is 0 Å². The van der Waals surface area contributed by atoms with Crippen LogP contribution in [-0.2, 0) is 16.0 Å². The number of rotatable bonds is 4. The largest absolute Gasteiger partial charge is 0.508 e. The second-order valence-electron chi connectivity index (χ2n) is 4.47. The SMILES string of the molecule is O=C(NCCc1ccc(O)cc1)C(=O)Nc1cccnc1Cl. The lowest BCUT2D eigenvalue weighted by atomic mass is 10.1. The number of aromatic nitrogens is 1. The Balaban J connectivity index is 1.80. The van der Waals surface area contributed by atoms with E-state index in [1.165, 1.54) is 6.20 Å². The van der Waals surface area contributed by atoms with Gasteiger partial charge in [0.1, 0.15) is 5.75 Å². The zero-order valence-corrected chi connectivity index (χ0v) is 12.3. The molecular formula is C15H14ClN3O3. The maximum Gasteiger partial charge on any atom is 0.313 e. The number of anilines is 1. The van der Waals surface area contributed by atoms with Gasteiger partial charge in [-0.3, -0.25) is 9.59 Å². The fourth-order valence-corrected chi connectivity index (χ4v) is 1.89. The minimum Gasteiger partial charge on any atom is -0.508 e. The first-order chi connectivity index (χ1) is 10.6. The standard InChI is InChI=1S/C15H14ClN3O3/c16-13-12(2-1-8-17-13)19-15(22)14(21)18-9-7-10-3-5-11(20)6-4-10/h1-6,8,20H,7,9H2,(H,18,21)(H,19,22). The molecule has 2 rings (SSSR count). The van der Waals surface area contributed by atoms with Gasteiger partial charge >= 0.3 is 11.8 Å². The van der Waals surface area contributed by atoms with Gasteiger partial charge in [0.15, 0.2) is 5.15 Å². The van der Waals surface area contributed by atoms with Crippen molar-refractivity contribution in [2.45, 2.75) is 6.42 Å². The zero-order valence-electron chi connectivity index (χ0n) is 11.5. The average Bonchev–Trinajstić information content (AvgIpc) is 2.51. The van der Waals surface area contributed by atoms with Crippen LogP contribution in [-0.4, -0.2) is 28.4 Å². The summed E-state index contributed by atoms with van der Waals surface area (Å²) in [7, 11) is 0. The maximum atomic E-state index is 11.7. The molecule has 1 aromatic heterocycles. The van der Waals surface area contributed by atoms with E-state index in [-0.39, 0.29) is 16.6 Å². The molecule has 0 saturated carbocycles. The second kappa shape index (κ2) is 7.42. The number of halogens is 1. The molecule has 1 aromatic carbocycles. The van der Waals surface area contributed by atoms with Crippen molar-refractivity contribution in [3.63, 3.8) is 0 Å². The first-order valence-electron chi connectivity index (χ1n) is 6.54. The topological polar surface area (TPSA) is 91.3 Å². The van der Waals surface area contributed by atoms with E-state index in [1.807, 2.05) is 0 Å². The number of nitrogens with one attached hydrogen (secondary N) is 2. The molecule has 0 saturated heterocycles. The van der Waals surface area contributed by atoms with E-state index in [9.17, 15) is 9.59 Å². The van der Waals surface area contributed by atoms with Crippen molar-refractivity contribution in [3.8, 4) is 5.75 Å². The molecule has 7 heteroatoms. The van der Waals surface area contributed by atoms with Crippen LogP contribution in [0.2, 0.25) is 5.15 Å². The van der Waals surface area contributed by atoms with Crippen molar-refractivity contribution in [2.24, 2.45) is 0 Å². The van der Waals surface area contributed by atoms with Crippen LogP contribution in [0.15, 0.2) is 42.6 Å².